The third kappa shape index (κ3) is 5.42. The second-order valence-corrected chi connectivity index (χ2v) is 9.27. The van der Waals surface area contributed by atoms with E-state index in [1.807, 2.05) is 53.7 Å². The van der Waals surface area contributed by atoms with Gasteiger partial charge in [-0.05, 0) is 56.0 Å². The summed E-state index contributed by atoms with van der Waals surface area (Å²) in [7, 11) is 0. The van der Waals surface area contributed by atoms with Crippen molar-refractivity contribution in [3.05, 3.63) is 63.6 Å². The highest BCUT2D eigenvalue weighted by Crippen LogP contribution is 2.39. The van der Waals surface area contributed by atoms with Crippen molar-refractivity contribution in [1.82, 2.24) is 0 Å². The summed E-state index contributed by atoms with van der Waals surface area (Å²) in [6.07, 6.45) is 0. The average molecular weight is 432 g/mol. The van der Waals surface area contributed by atoms with E-state index in [1.54, 1.807) is 30.3 Å². The number of benzene rings is 2. The van der Waals surface area contributed by atoms with Gasteiger partial charge in [0.05, 0.1) is 11.3 Å². The van der Waals surface area contributed by atoms with Gasteiger partial charge < -0.3 is 10.1 Å². The van der Waals surface area contributed by atoms with Gasteiger partial charge >= 0.3 is 5.97 Å². The molecule has 0 heterocycles. The lowest BCUT2D eigenvalue weighted by Gasteiger charge is -2.27. The molecule has 0 aliphatic carbocycles. The van der Waals surface area contributed by atoms with Gasteiger partial charge in [-0.3, -0.25) is 4.79 Å². The van der Waals surface area contributed by atoms with Crippen molar-refractivity contribution < 1.29 is 14.3 Å². The van der Waals surface area contributed by atoms with Gasteiger partial charge in [-0.1, -0.05) is 54.9 Å². The SMILES string of the molecule is CC(C)(C)OC(=O)c1ccc(Br)c(C(C)(C)C)c1NC(=O)c1ccccc1. The van der Waals surface area contributed by atoms with Crippen LogP contribution in [0.15, 0.2) is 46.9 Å². The minimum absolute atomic E-state index is 0.274. The average Bonchev–Trinajstić information content (AvgIpc) is 2.52. The van der Waals surface area contributed by atoms with Crippen LogP contribution in [-0.4, -0.2) is 17.5 Å². The summed E-state index contributed by atoms with van der Waals surface area (Å²) in [5, 5.41) is 2.94. The van der Waals surface area contributed by atoms with E-state index in [1.165, 1.54) is 0 Å². The summed E-state index contributed by atoms with van der Waals surface area (Å²) in [5.74, 6) is -0.743. The van der Waals surface area contributed by atoms with Crippen LogP contribution in [-0.2, 0) is 10.2 Å². The van der Waals surface area contributed by atoms with Gasteiger partial charge in [-0.2, -0.15) is 0 Å². The van der Waals surface area contributed by atoms with E-state index in [0.29, 0.717) is 16.8 Å². The summed E-state index contributed by atoms with van der Waals surface area (Å²) in [6, 6.07) is 12.4. The highest BCUT2D eigenvalue weighted by atomic mass is 79.9. The van der Waals surface area contributed by atoms with Crippen molar-refractivity contribution in [3.63, 3.8) is 0 Å². The van der Waals surface area contributed by atoms with E-state index in [9.17, 15) is 9.59 Å². The Morgan fingerprint density at radius 1 is 0.926 bits per heavy atom. The van der Waals surface area contributed by atoms with Crippen LogP contribution in [0.1, 0.15) is 67.8 Å². The first-order valence-corrected chi connectivity index (χ1v) is 9.62. The molecule has 0 saturated heterocycles. The van der Waals surface area contributed by atoms with Crippen molar-refractivity contribution in [1.29, 1.82) is 0 Å². The van der Waals surface area contributed by atoms with Gasteiger partial charge in [0.15, 0.2) is 0 Å². The van der Waals surface area contributed by atoms with E-state index in [2.05, 4.69) is 21.2 Å². The fraction of sp³-hybridized carbons (Fsp3) is 0.364. The number of carbonyl (C=O) groups is 2. The Hall–Kier alpha value is -2.14. The molecule has 1 N–H and O–H groups in total. The smallest absolute Gasteiger partial charge is 0.340 e. The van der Waals surface area contributed by atoms with Gasteiger partial charge in [-0.15, -0.1) is 0 Å². The molecule has 4 nitrogen and oxygen atoms in total. The lowest BCUT2D eigenvalue weighted by molar-refractivity contribution is 0.00706. The Bertz CT molecular complexity index is 846. The van der Waals surface area contributed by atoms with Crippen LogP contribution in [0.2, 0.25) is 0 Å². The molecule has 2 rings (SSSR count). The normalized spacial score (nSPS) is 11.8. The van der Waals surface area contributed by atoms with Crippen molar-refractivity contribution in [2.24, 2.45) is 0 Å². The molecule has 27 heavy (non-hydrogen) atoms. The fourth-order valence-corrected chi connectivity index (χ4v) is 3.64. The van der Waals surface area contributed by atoms with Gasteiger partial charge in [0, 0.05) is 10.0 Å². The van der Waals surface area contributed by atoms with E-state index < -0.39 is 11.6 Å². The first-order chi connectivity index (χ1) is 12.4. The minimum Gasteiger partial charge on any atom is -0.456 e. The van der Waals surface area contributed by atoms with E-state index >= 15 is 0 Å². The van der Waals surface area contributed by atoms with Crippen molar-refractivity contribution in [2.45, 2.75) is 52.6 Å². The van der Waals surface area contributed by atoms with E-state index in [0.717, 1.165) is 10.0 Å². The highest BCUT2D eigenvalue weighted by molar-refractivity contribution is 9.10. The van der Waals surface area contributed by atoms with Gasteiger partial charge in [0.2, 0.25) is 0 Å². The quantitative estimate of drug-likeness (QED) is 0.610. The Morgan fingerprint density at radius 3 is 2.04 bits per heavy atom. The maximum Gasteiger partial charge on any atom is 0.340 e. The lowest BCUT2D eigenvalue weighted by atomic mass is 9.84. The number of amides is 1. The van der Waals surface area contributed by atoms with E-state index in [4.69, 9.17) is 4.74 Å². The first-order valence-electron chi connectivity index (χ1n) is 8.83. The molecule has 0 spiro atoms. The Kier molecular flexibility index (Phi) is 6.15. The number of hydrogen-bond donors (Lipinski definition) is 1. The van der Waals surface area contributed by atoms with Crippen LogP contribution in [0, 0.1) is 0 Å². The highest BCUT2D eigenvalue weighted by Gasteiger charge is 2.29. The number of rotatable bonds is 3. The molecule has 0 aliphatic heterocycles. The number of carbonyl (C=O) groups excluding carboxylic acids is 2. The molecule has 2 aromatic rings. The second-order valence-electron chi connectivity index (χ2n) is 8.42. The first kappa shape index (κ1) is 21.2. The van der Waals surface area contributed by atoms with Crippen LogP contribution in [0.5, 0.6) is 0 Å². The minimum atomic E-state index is -0.632. The molecule has 0 radical (unpaired) electrons. The third-order valence-electron chi connectivity index (χ3n) is 3.80. The molecule has 2 aromatic carbocycles. The van der Waals surface area contributed by atoms with Gasteiger partial charge in [-0.25, -0.2) is 4.79 Å². The molecule has 0 aromatic heterocycles. The molecule has 0 bridgehead atoms. The number of esters is 1. The lowest BCUT2D eigenvalue weighted by Crippen LogP contribution is -2.27. The van der Waals surface area contributed by atoms with Crippen molar-refractivity contribution >= 4 is 33.5 Å². The summed E-state index contributed by atoms with van der Waals surface area (Å²) in [6.45, 7) is 11.5. The van der Waals surface area contributed by atoms with Crippen molar-refractivity contribution in [2.75, 3.05) is 5.32 Å². The molecule has 5 heteroatoms. The molecule has 0 fully saturated rings. The van der Waals surface area contributed by atoms with Crippen LogP contribution in [0.4, 0.5) is 5.69 Å². The number of anilines is 1. The van der Waals surface area contributed by atoms with E-state index in [-0.39, 0.29) is 11.3 Å². The van der Waals surface area contributed by atoms with Crippen LogP contribution >= 0.6 is 15.9 Å². The Labute approximate surface area is 169 Å². The molecule has 1 amide bonds. The van der Waals surface area contributed by atoms with Crippen LogP contribution in [0.3, 0.4) is 0 Å². The molecule has 144 valence electrons. The predicted molar refractivity (Wildman–Crippen MR) is 112 cm³/mol. The van der Waals surface area contributed by atoms with Gasteiger partial charge in [0.25, 0.3) is 5.91 Å². The summed E-state index contributed by atoms with van der Waals surface area (Å²) in [5.41, 5.74) is 1.23. The number of halogens is 1. The monoisotopic (exact) mass is 431 g/mol. The Balaban J connectivity index is 2.58. The second kappa shape index (κ2) is 7.85. The van der Waals surface area contributed by atoms with Crippen LogP contribution in [0.25, 0.3) is 0 Å². The molecular formula is C22H26BrNO3. The zero-order chi connectivity index (χ0) is 20.4. The number of nitrogens with one attached hydrogen (secondary N) is 1. The molecule has 0 unspecified atom stereocenters. The van der Waals surface area contributed by atoms with Crippen LogP contribution < -0.4 is 5.32 Å². The predicted octanol–water partition coefficient (Wildman–Crippen LogP) is 5.95. The Morgan fingerprint density at radius 2 is 1.52 bits per heavy atom. The fourth-order valence-electron chi connectivity index (χ4n) is 2.72. The van der Waals surface area contributed by atoms with Crippen molar-refractivity contribution in [3.8, 4) is 0 Å². The number of ether oxygens (including phenoxy) is 1. The topological polar surface area (TPSA) is 55.4 Å². The third-order valence-corrected chi connectivity index (χ3v) is 4.46. The maximum absolute atomic E-state index is 12.8. The zero-order valence-electron chi connectivity index (χ0n) is 16.6. The standard InChI is InChI=1S/C22H26BrNO3/c1-21(2,3)17-16(23)13-12-15(20(26)27-22(4,5)6)18(17)24-19(25)14-10-8-7-9-11-14/h7-13H,1-6H3,(H,24,25). The summed E-state index contributed by atoms with van der Waals surface area (Å²) < 4.78 is 6.38. The maximum atomic E-state index is 12.8. The molecule has 0 atom stereocenters. The van der Waals surface area contributed by atoms with Gasteiger partial charge in [0.1, 0.15) is 5.60 Å². The zero-order valence-corrected chi connectivity index (χ0v) is 18.2. The summed E-state index contributed by atoms with van der Waals surface area (Å²) in [4.78, 5) is 25.6. The molecular weight excluding hydrogens is 406 g/mol. The molecule has 0 saturated carbocycles. The number of hydrogen-bond acceptors (Lipinski definition) is 3. The largest absolute Gasteiger partial charge is 0.456 e. The molecule has 0 aliphatic rings. The summed E-state index contributed by atoms with van der Waals surface area (Å²) >= 11 is 3.57.